The molecule has 1 atom stereocenters. The van der Waals surface area contributed by atoms with Gasteiger partial charge in [0.2, 0.25) is 5.95 Å². The minimum Gasteiger partial charge on any atom is -0.358 e. The number of hydrogen-bond donors (Lipinski definition) is 3. The van der Waals surface area contributed by atoms with Crippen LogP contribution in [0.4, 0.5) is 5.95 Å². The molecule has 148 valence electrons. The second-order valence-electron chi connectivity index (χ2n) is 7.36. The lowest BCUT2D eigenvalue weighted by atomic mass is 10.1. The van der Waals surface area contributed by atoms with E-state index in [-0.39, 0.29) is 5.56 Å². The first-order valence-electron chi connectivity index (χ1n) is 9.76. The molecule has 2 aromatic heterocycles. The third-order valence-electron chi connectivity index (χ3n) is 5.20. The molecular formula is C20H26ClN5OS+2. The predicted molar refractivity (Wildman–Crippen MR) is 115 cm³/mol. The molecule has 28 heavy (non-hydrogen) atoms. The summed E-state index contributed by atoms with van der Waals surface area (Å²) in [6.45, 7) is 3.66. The summed E-state index contributed by atoms with van der Waals surface area (Å²) in [5, 5.41) is 4.75. The average Bonchev–Trinajstić information content (AvgIpc) is 3.02. The molecule has 0 spiro atoms. The van der Waals surface area contributed by atoms with Gasteiger partial charge in [0.1, 0.15) is 11.4 Å². The van der Waals surface area contributed by atoms with Crippen LogP contribution < -0.4 is 21.5 Å². The van der Waals surface area contributed by atoms with E-state index in [4.69, 9.17) is 16.6 Å². The Labute approximate surface area is 172 Å². The highest BCUT2D eigenvalue weighted by molar-refractivity contribution is 7.18. The van der Waals surface area contributed by atoms with E-state index in [0.717, 1.165) is 61.3 Å². The monoisotopic (exact) mass is 419 g/mol. The van der Waals surface area contributed by atoms with Gasteiger partial charge in [-0.05, 0) is 36.6 Å². The van der Waals surface area contributed by atoms with E-state index in [1.807, 2.05) is 24.3 Å². The number of quaternary nitrogens is 2. The van der Waals surface area contributed by atoms with Gasteiger partial charge in [-0.2, -0.15) is 0 Å². The Hall–Kier alpha value is -1.93. The second-order valence-corrected chi connectivity index (χ2v) is 8.88. The smallest absolute Gasteiger partial charge is 0.268 e. The number of nitrogens with zero attached hydrogens (tertiary/aromatic N) is 2. The molecule has 0 saturated heterocycles. The van der Waals surface area contributed by atoms with Crippen molar-refractivity contribution in [2.45, 2.75) is 25.8 Å². The number of halogens is 1. The Morgan fingerprint density at radius 2 is 2.25 bits per heavy atom. The quantitative estimate of drug-likeness (QED) is 0.523. The summed E-state index contributed by atoms with van der Waals surface area (Å²) in [5.74, 6) is 0.586. The van der Waals surface area contributed by atoms with Crippen molar-refractivity contribution in [3.05, 3.63) is 50.1 Å². The summed E-state index contributed by atoms with van der Waals surface area (Å²) >= 11 is 7.87. The number of anilines is 1. The number of thiophene rings is 1. The van der Waals surface area contributed by atoms with Crippen molar-refractivity contribution in [2.75, 3.05) is 32.0 Å². The van der Waals surface area contributed by atoms with Crippen LogP contribution in [-0.4, -0.2) is 36.2 Å². The fraction of sp³-hybridized carbons (Fsp3) is 0.400. The van der Waals surface area contributed by atoms with Crippen LogP contribution in [0.1, 0.15) is 23.3 Å². The van der Waals surface area contributed by atoms with Gasteiger partial charge in [-0.3, -0.25) is 4.79 Å². The molecule has 0 amide bonds. The number of rotatable bonds is 6. The zero-order valence-corrected chi connectivity index (χ0v) is 17.6. The molecule has 1 aromatic carbocycles. The standard InChI is InChI=1S/C20H24ClN5OS/c1-25-10-7-15-16(12-25)28-18-17(15)19(27)26(14-6-4-5-13(21)11-14)20(24-18)23-9-3-2-8-22/h4-6,11H,2-3,7-10,12,22H2,1H3,(H,23,24)/p+2. The number of unbranched alkanes of at least 4 members (excludes halogenated alkanes) is 1. The van der Waals surface area contributed by atoms with Gasteiger partial charge >= 0.3 is 0 Å². The number of hydrogen-bond acceptors (Lipinski definition) is 4. The van der Waals surface area contributed by atoms with Crippen LogP contribution in [0.2, 0.25) is 5.02 Å². The van der Waals surface area contributed by atoms with Crippen LogP contribution in [0.15, 0.2) is 29.1 Å². The predicted octanol–water partition coefficient (Wildman–Crippen LogP) is 1.11. The maximum atomic E-state index is 13.6. The molecule has 0 fully saturated rings. The first-order chi connectivity index (χ1) is 13.6. The number of benzene rings is 1. The van der Waals surface area contributed by atoms with Crippen molar-refractivity contribution in [2.24, 2.45) is 0 Å². The molecule has 6 nitrogen and oxygen atoms in total. The molecule has 8 heteroatoms. The van der Waals surface area contributed by atoms with Crippen molar-refractivity contribution in [3.63, 3.8) is 0 Å². The molecular weight excluding hydrogens is 394 g/mol. The van der Waals surface area contributed by atoms with Gasteiger partial charge in [0.25, 0.3) is 5.56 Å². The van der Waals surface area contributed by atoms with Crippen LogP contribution in [-0.2, 0) is 13.0 Å². The first-order valence-corrected chi connectivity index (χ1v) is 11.0. The molecule has 0 aliphatic carbocycles. The summed E-state index contributed by atoms with van der Waals surface area (Å²) in [6, 6.07) is 7.39. The Bertz CT molecular complexity index is 1060. The minimum absolute atomic E-state index is 0.0102. The molecule has 5 N–H and O–H groups in total. The number of likely N-dealkylation sites (N-methyl/N-ethyl adjacent to an activating group) is 1. The number of aromatic nitrogens is 2. The topological polar surface area (TPSA) is 79.0 Å². The van der Waals surface area contributed by atoms with Crippen LogP contribution in [0.5, 0.6) is 0 Å². The number of fused-ring (bicyclic) bond motifs is 3. The number of nitrogens with one attached hydrogen (secondary N) is 2. The Morgan fingerprint density at radius 1 is 1.39 bits per heavy atom. The van der Waals surface area contributed by atoms with Crippen molar-refractivity contribution in [1.29, 1.82) is 0 Å². The van der Waals surface area contributed by atoms with Crippen molar-refractivity contribution in [3.8, 4) is 5.69 Å². The van der Waals surface area contributed by atoms with Crippen molar-refractivity contribution in [1.82, 2.24) is 9.55 Å². The summed E-state index contributed by atoms with van der Waals surface area (Å²) in [7, 11) is 2.20. The maximum Gasteiger partial charge on any atom is 0.268 e. The highest BCUT2D eigenvalue weighted by atomic mass is 35.5. The Morgan fingerprint density at radius 3 is 3.04 bits per heavy atom. The van der Waals surface area contributed by atoms with E-state index in [2.05, 4.69) is 18.1 Å². The fourth-order valence-electron chi connectivity index (χ4n) is 3.73. The van der Waals surface area contributed by atoms with Crippen LogP contribution in [0.25, 0.3) is 15.9 Å². The van der Waals surface area contributed by atoms with E-state index >= 15 is 0 Å². The molecule has 3 heterocycles. The minimum atomic E-state index is -0.0102. The molecule has 0 bridgehead atoms. The highest BCUT2D eigenvalue weighted by Gasteiger charge is 2.26. The van der Waals surface area contributed by atoms with E-state index < -0.39 is 0 Å². The lowest BCUT2D eigenvalue weighted by Crippen LogP contribution is -3.08. The molecule has 0 saturated carbocycles. The van der Waals surface area contributed by atoms with E-state index in [0.29, 0.717) is 11.0 Å². The maximum absolute atomic E-state index is 13.6. The Kier molecular flexibility index (Phi) is 5.68. The molecule has 1 aliphatic heterocycles. The summed E-state index contributed by atoms with van der Waals surface area (Å²) < 4.78 is 1.68. The van der Waals surface area contributed by atoms with Gasteiger partial charge in [0, 0.05) is 18.0 Å². The summed E-state index contributed by atoms with van der Waals surface area (Å²) in [6.07, 6.45) is 2.95. The van der Waals surface area contributed by atoms with Gasteiger partial charge < -0.3 is 16.0 Å². The first kappa shape index (κ1) is 19.4. The van der Waals surface area contributed by atoms with Gasteiger partial charge in [0.15, 0.2) is 0 Å². The van der Waals surface area contributed by atoms with Crippen LogP contribution in [0, 0.1) is 0 Å². The highest BCUT2D eigenvalue weighted by Crippen LogP contribution is 2.31. The second kappa shape index (κ2) is 8.21. The van der Waals surface area contributed by atoms with E-state index in [1.165, 1.54) is 15.3 Å². The fourth-order valence-corrected chi connectivity index (χ4v) is 5.24. The largest absolute Gasteiger partial charge is 0.358 e. The van der Waals surface area contributed by atoms with Gasteiger partial charge in [-0.1, -0.05) is 17.7 Å². The van der Waals surface area contributed by atoms with Gasteiger partial charge in [-0.25, -0.2) is 9.55 Å². The summed E-state index contributed by atoms with van der Waals surface area (Å²) in [5.41, 5.74) is 5.80. The molecule has 1 aliphatic rings. The zero-order valence-electron chi connectivity index (χ0n) is 16.1. The molecule has 3 aromatic rings. The third kappa shape index (κ3) is 3.67. The van der Waals surface area contributed by atoms with Crippen molar-refractivity contribution >= 4 is 39.1 Å². The van der Waals surface area contributed by atoms with Crippen molar-refractivity contribution < 1.29 is 10.6 Å². The van der Waals surface area contributed by atoms with Crippen LogP contribution in [0.3, 0.4) is 0 Å². The normalized spacial score (nSPS) is 16.3. The lowest BCUT2D eigenvalue weighted by molar-refractivity contribution is -0.895. The third-order valence-corrected chi connectivity index (χ3v) is 6.56. The summed E-state index contributed by atoms with van der Waals surface area (Å²) in [4.78, 5) is 22.1. The van der Waals surface area contributed by atoms with Crippen LogP contribution >= 0.6 is 22.9 Å². The molecule has 0 radical (unpaired) electrons. The van der Waals surface area contributed by atoms with E-state index in [1.54, 1.807) is 15.9 Å². The molecule has 1 unspecified atom stereocenters. The average molecular weight is 420 g/mol. The van der Waals surface area contributed by atoms with E-state index in [9.17, 15) is 4.79 Å². The lowest BCUT2D eigenvalue weighted by Gasteiger charge is -2.19. The van der Waals surface area contributed by atoms with Gasteiger partial charge in [-0.15, -0.1) is 11.3 Å². The Balaban J connectivity index is 1.87. The van der Waals surface area contributed by atoms with Gasteiger partial charge in [0.05, 0.1) is 36.1 Å². The zero-order chi connectivity index (χ0) is 19.7. The molecule has 4 rings (SSSR count). The SMILES string of the molecule is C[NH+]1CCc2c(sc3nc(NCCCC[NH3+])n(-c4cccc(Cl)c4)c(=O)c23)C1.